The second-order valence-corrected chi connectivity index (χ2v) is 5.62. The van der Waals surface area contributed by atoms with Gasteiger partial charge in [-0.2, -0.15) is 0 Å². The van der Waals surface area contributed by atoms with Gasteiger partial charge in [0.05, 0.1) is 10.2 Å². The van der Waals surface area contributed by atoms with Crippen molar-refractivity contribution in [3.8, 4) is 0 Å². The zero-order chi connectivity index (χ0) is 9.42. The third kappa shape index (κ3) is 1.63. The number of rotatable bonds is 1. The van der Waals surface area contributed by atoms with Gasteiger partial charge in [-0.1, -0.05) is 26.0 Å². The van der Waals surface area contributed by atoms with Crippen LogP contribution in [0.1, 0.15) is 25.3 Å². The third-order valence-corrected chi connectivity index (χ3v) is 3.52. The van der Waals surface area contributed by atoms with Crippen LogP contribution >= 0.6 is 27.3 Å². The molecule has 0 saturated heterocycles. The minimum atomic E-state index is 0.540. The molecule has 0 radical (unpaired) electrons. The lowest BCUT2D eigenvalue weighted by molar-refractivity contribution is 0.873. The first-order chi connectivity index (χ1) is 6.18. The number of benzene rings is 1. The highest BCUT2D eigenvalue weighted by atomic mass is 79.9. The number of para-hydroxylation sites is 1. The van der Waals surface area contributed by atoms with Gasteiger partial charge < -0.3 is 0 Å². The SMILES string of the molecule is CC(C)c1cccc2sc(Br)nc12. The van der Waals surface area contributed by atoms with Crippen LogP contribution in [0, 0.1) is 0 Å². The Bertz CT molecular complexity index is 433. The summed E-state index contributed by atoms with van der Waals surface area (Å²) in [7, 11) is 0. The lowest BCUT2D eigenvalue weighted by Crippen LogP contribution is -1.87. The molecule has 1 aromatic carbocycles. The molecule has 0 amide bonds. The van der Waals surface area contributed by atoms with Gasteiger partial charge in [-0.15, -0.1) is 11.3 Å². The largest absolute Gasteiger partial charge is 0.229 e. The Kier molecular flexibility index (Phi) is 2.39. The molecule has 13 heavy (non-hydrogen) atoms. The summed E-state index contributed by atoms with van der Waals surface area (Å²) in [6, 6.07) is 6.37. The number of hydrogen-bond acceptors (Lipinski definition) is 2. The van der Waals surface area contributed by atoms with Gasteiger partial charge in [0.2, 0.25) is 0 Å². The van der Waals surface area contributed by atoms with Crippen molar-refractivity contribution < 1.29 is 0 Å². The zero-order valence-corrected chi connectivity index (χ0v) is 9.95. The summed E-state index contributed by atoms with van der Waals surface area (Å²) in [5, 5.41) is 0. The van der Waals surface area contributed by atoms with Gasteiger partial charge in [0.1, 0.15) is 0 Å². The zero-order valence-electron chi connectivity index (χ0n) is 7.54. The number of halogens is 1. The van der Waals surface area contributed by atoms with Gasteiger partial charge in [0.15, 0.2) is 3.92 Å². The average molecular weight is 256 g/mol. The first-order valence-electron chi connectivity index (χ1n) is 4.23. The van der Waals surface area contributed by atoms with E-state index in [9.17, 15) is 0 Å². The summed E-state index contributed by atoms with van der Waals surface area (Å²) in [6.07, 6.45) is 0. The number of nitrogens with zero attached hydrogens (tertiary/aromatic N) is 1. The molecular formula is C10H10BrNS. The molecule has 1 aromatic heterocycles. The molecule has 2 aromatic rings. The van der Waals surface area contributed by atoms with Crippen LogP contribution < -0.4 is 0 Å². The summed E-state index contributed by atoms with van der Waals surface area (Å²) >= 11 is 5.10. The smallest absolute Gasteiger partial charge is 0.160 e. The molecule has 1 heterocycles. The van der Waals surface area contributed by atoms with Crippen molar-refractivity contribution in [3.63, 3.8) is 0 Å². The molecule has 0 spiro atoms. The van der Waals surface area contributed by atoms with Crippen molar-refractivity contribution in [2.24, 2.45) is 0 Å². The molecule has 2 rings (SSSR count). The Morgan fingerprint density at radius 2 is 2.15 bits per heavy atom. The number of fused-ring (bicyclic) bond motifs is 1. The molecule has 0 aliphatic heterocycles. The molecule has 68 valence electrons. The van der Waals surface area contributed by atoms with E-state index in [-0.39, 0.29) is 0 Å². The maximum absolute atomic E-state index is 4.47. The van der Waals surface area contributed by atoms with E-state index >= 15 is 0 Å². The quantitative estimate of drug-likeness (QED) is 0.745. The fourth-order valence-corrected chi connectivity index (χ4v) is 2.83. The average Bonchev–Trinajstić information content (AvgIpc) is 2.43. The molecule has 0 bridgehead atoms. The molecule has 0 aliphatic carbocycles. The first-order valence-corrected chi connectivity index (χ1v) is 5.84. The second-order valence-electron chi connectivity index (χ2n) is 3.32. The van der Waals surface area contributed by atoms with E-state index in [4.69, 9.17) is 0 Å². The van der Waals surface area contributed by atoms with Crippen LogP contribution in [0.25, 0.3) is 10.2 Å². The van der Waals surface area contributed by atoms with Gasteiger partial charge in [0.25, 0.3) is 0 Å². The van der Waals surface area contributed by atoms with E-state index in [0.717, 1.165) is 9.43 Å². The van der Waals surface area contributed by atoms with E-state index in [1.165, 1.54) is 10.3 Å². The third-order valence-electron chi connectivity index (χ3n) is 2.05. The molecule has 0 unspecified atom stereocenters. The summed E-state index contributed by atoms with van der Waals surface area (Å²) in [6.45, 7) is 4.39. The standard InChI is InChI=1S/C10H10BrNS/c1-6(2)7-4-3-5-8-9(7)12-10(11)13-8/h3-6H,1-2H3. The molecule has 0 fully saturated rings. The normalized spacial score (nSPS) is 11.4. The van der Waals surface area contributed by atoms with Crippen LogP contribution in [0.5, 0.6) is 0 Å². The van der Waals surface area contributed by atoms with Gasteiger partial charge in [-0.05, 0) is 33.5 Å². The lowest BCUT2D eigenvalue weighted by atomic mass is 10.0. The highest BCUT2D eigenvalue weighted by molar-refractivity contribution is 9.11. The molecule has 0 N–H and O–H groups in total. The Hall–Kier alpha value is -0.410. The van der Waals surface area contributed by atoms with Crippen molar-refractivity contribution in [3.05, 3.63) is 27.7 Å². The van der Waals surface area contributed by atoms with E-state index in [1.807, 2.05) is 0 Å². The maximum Gasteiger partial charge on any atom is 0.160 e. The Balaban J connectivity index is 2.75. The Morgan fingerprint density at radius 1 is 1.38 bits per heavy atom. The molecule has 3 heteroatoms. The number of thiazole rings is 1. The summed E-state index contributed by atoms with van der Waals surface area (Å²) in [5.41, 5.74) is 2.48. The Morgan fingerprint density at radius 3 is 2.85 bits per heavy atom. The minimum absolute atomic E-state index is 0.540. The predicted molar refractivity (Wildman–Crippen MR) is 61.4 cm³/mol. The van der Waals surface area contributed by atoms with Crippen LogP contribution in [0.15, 0.2) is 22.1 Å². The number of hydrogen-bond donors (Lipinski definition) is 0. The lowest BCUT2D eigenvalue weighted by Gasteiger charge is -2.04. The Labute approximate surface area is 89.9 Å². The van der Waals surface area contributed by atoms with Crippen LogP contribution in [-0.2, 0) is 0 Å². The van der Waals surface area contributed by atoms with Crippen molar-refractivity contribution in [1.29, 1.82) is 0 Å². The molecule has 0 atom stereocenters. The first kappa shape index (κ1) is 9.16. The summed E-state index contributed by atoms with van der Waals surface area (Å²) in [5.74, 6) is 0.540. The predicted octanol–water partition coefficient (Wildman–Crippen LogP) is 4.18. The van der Waals surface area contributed by atoms with E-state index < -0.39 is 0 Å². The van der Waals surface area contributed by atoms with Crippen molar-refractivity contribution in [2.45, 2.75) is 19.8 Å². The fourth-order valence-electron chi connectivity index (χ4n) is 1.41. The molecular weight excluding hydrogens is 246 g/mol. The maximum atomic E-state index is 4.47. The van der Waals surface area contributed by atoms with E-state index in [2.05, 4.69) is 53.0 Å². The van der Waals surface area contributed by atoms with Crippen molar-refractivity contribution >= 4 is 37.5 Å². The topological polar surface area (TPSA) is 12.9 Å². The molecule has 0 saturated carbocycles. The highest BCUT2D eigenvalue weighted by Gasteiger charge is 2.08. The van der Waals surface area contributed by atoms with Gasteiger partial charge in [-0.3, -0.25) is 0 Å². The van der Waals surface area contributed by atoms with Gasteiger partial charge >= 0.3 is 0 Å². The molecule has 1 nitrogen and oxygen atoms in total. The van der Waals surface area contributed by atoms with Crippen LogP contribution in [0.4, 0.5) is 0 Å². The fraction of sp³-hybridized carbons (Fsp3) is 0.300. The van der Waals surface area contributed by atoms with Gasteiger partial charge in [0, 0.05) is 0 Å². The van der Waals surface area contributed by atoms with Crippen LogP contribution in [-0.4, -0.2) is 4.98 Å². The minimum Gasteiger partial charge on any atom is -0.229 e. The summed E-state index contributed by atoms with van der Waals surface area (Å²) in [4.78, 5) is 4.47. The van der Waals surface area contributed by atoms with Crippen LogP contribution in [0.2, 0.25) is 0 Å². The second kappa shape index (κ2) is 3.39. The number of aromatic nitrogens is 1. The van der Waals surface area contributed by atoms with Gasteiger partial charge in [-0.25, -0.2) is 4.98 Å². The van der Waals surface area contributed by atoms with E-state index in [0.29, 0.717) is 5.92 Å². The van der Waals surface area contributed by atoms with Crippen molar-refractivity contribution in [1.82, 2.24) is 4.98 Å². The van der Waals surface area contributed by atoms with Crippen molar-refractivity contribution in [2.75, 3.05) is 0 Å². The molecule has 0 aliphatic rings. The highest BCUT2D eigenvalue weighted by Crippen LogP contribution is 2.31. The van der Waals surface area contributed by atoms with Crippen LogP contribution in [0.3, 0.4) is 0 Å². The summed E-state index contributed by atoms with van der Waals surface area (Å²) < 4.78 is 2.23. The van der Waals surface area contributed by atoms with E-state index in [1.54, 1.807) is 11.3 Å². The monoisotopic (exact) mass is 255 g/mol.